The summed E-state index contributed by atoms with van der Waals surface area (Å²) in [6, 6.07) is 7.70. The summed E-state index contributed by atoms with van der Waals surface area (Å²) in [5.74, 6) is -0.723. The molecule has 112 valence electrons. The van der Waals surface area contributed by atoms with Gasteiger partial charge in [-0.05, 0) is 37.5 Å². The normalized spacial score (nSPS) is 13.9. The van der Waals surface area contributed by atoms with Crippen LogP contribution in [0.1, 0.15) is 24.7 Å². The van der Waals surface area contributed by atoms with E-state index in [0.29, 0.717) is 12.4 Å². The van der Waals surface area contributed by atoms with Crippen molar-refractivity contribution in [2.75, 3.05) is 0 Å². The van der Waals surface area contributed by atoms with Crippen LogP contribution in [0.15, 0.2) is 36.7 Å². The molecular weight excluding hydrogens is 290 g/mol. The van der Waals surface area contributed by atoms with Crippen molar-refractivity contribution in [3.05, 3.63) is 53.1 Å². The van der Waals surface area contributed by atoms with Crippen LogP contribution in [0.25, 0.3) is 0 Å². The molecule has 21 heavy (non-hydrogen) atoms. The Hall–Kier alpha value is -1.85. The van der Waals surface area contributed by atoms with Gasteiger partial charge < -0.3 is 15.4 Å². The van der Waals surface area contributed by atoms with Gasteiger partial charge in [0.25, 0.3) is 0 Å². The van der Waals surface area contributed by atoms with E-state index in [9.17, 15) is 9.90 Å². The summed E-state index contributed by atoms with van der Waals surface area (Å²) in [7, 11) is 0. The minimum absolute atomic E-state index is 0.367. The van der Waals surface area contributed by atoms with Crippen LogP contribution >= 0.6 is 11.6 Å². The Morgan fingerprint density at radius 1 is 1.43 bits per heavy atom. The number of carboxylic acid groups (broad SMARTS) is 1. The first-order valence-corrected chi connectivity index (χ1v) is 7.07. The molecule has 1 heterocycles. The average Bonchev–Trinajstić information content (AvgIpc) is 2.90. The van der Waals surface area contributed by atoms with Crippen LogP contribution in [-0.2, 0) is 23.3 Å². The number of hydrogen-bond acceptors (Lipinski definition) is 3. The van der Waals surface area contributed by atoms with Crippen molar-refractivity contribution < 1.29 is 9.90 Å². The molecule has 0 spiro atoms. The Balaban J connectivity index is 2.00. The van der Waals surface area contributed by atoms with Gasteiger partial charge in [0.05, 0.1) is 0 Å². The average molecular weight is 308 g/mol. The van der Waals surface area contributed by atoms with Gasteiger partial charge in [-0.25, -0.2) is 9.78 Å². The summed E-state index contributed by atoms with van der Waals surface area (Å²) in [5.41, 5.74) is 5.54. The molecule has 0 radical (unpaired) electrons. The predicted molar refractivity (Wildman–Crippen MR) is 81.2 cm³/mol. The van der Waals surface area contributed by atoms with Crippen molar-refractivity contribution in [3.63, 3.8) is 0 Å². The SMILES string of the molecule is C[C@](N)(C(=O)O)c1nccn1CCCc1ccc(Cl)cc1. The predicted octanol–water partition coefficient (Wildman–Crippen LogP) is 2.43. The van der Waals surface area contributed by atoms with Crippen LogP contribution in [0, 0.1) is 0 Å². The van der Waals surface area contributed by atoms with Gasteiger partial charge >= 0.3 is 5.97 Å². The third-order valence-corrected chi connectivity index (χ3v) is 3.65. The van der Waals surface area contributed by atoms with Crippen LogP contribution in [-0.4, -0.2) is 20.6 Å². The molecule has 0 bridgehead atoms. The van der Waals surface area contributed by atoms with Gasteiger partial charge in [-0.2, -0.15) is 0 Å². The fourth-order valence-corrected chi connectivity index (χ4v) is 2.27. The number of nitrogens with two attached hydrogens (primary N) is 1. The first-order valence-electron chi connectivity index (χ1n) is 6.69. The standard InChI is InChI=1S/C15H18ClN3O2/c1-15(17,14(20)21)13-18-8-10-19(13)9-2-3-11-4-6-12(16)7-5-11/h4-8,10H,2-3,9,17H2,1H3,(H,20,21)/t15-/m1/s1. The Labute approximate surface area is 128 Å². The van der Waals surface area contributed by atoms with Crippen LogP contribution < -0.4 is 5.73 Å². The monoisotopic (exact) mass is 307 g/mol. The van der Waals surface area contributed by atoms with Gasteiger partial charge in [0.2, 0.25) is 0 Å². The van der Waals surface area contributed by atoms with Crippen molar-refractivity contribution >= 4 is 17.6 Å². The lowest BCUT2D eigenvalue weighted by molar-refractivity contribution is -0.143. The Kier molecular flexibility index (Phi) is 4.65. The highest BCUT2D eigenvalue weighted by Crippen LogP contribution is 2.17. The zero-order valence-corrected chi connectivity index (χ0v) is 12.5. The second-order valence-electron chi connectivity index (χ2n) is 5.18. The molecule has 0 saturated heterocycles. The van der Waals surface area contributed by atoms with Crippen LogP contribution in [0.4, 0.5) is 0 Å². The lowest BCUT2D eigenvalue weighted by atomic mass is 10.0. The highest BCUT2D eigenvalue weighted by atomic mass is 35.5. The largest absolute Gasteiger partial charge is 0.480 e. The van der Waals surface area contributed by atoms with Crippen molar-refractivity contribution in [2.24, 2.45) is 5.73 Å². The molecule has 3 N–H and O–H groups in total. The van der Waals surface area contributed by atoms with Crippen molar-refractivity contribution in [2.45, 2.75) is 31.8 Å². The minimum atomic E-state index is -1.48. The van der Waals surface area contributed by atoms with Gasteiger partial charge in [-0.1, -0.05) is 23.7 Å². The summed E-state index contributed by atoms with van der Waals surface area (Å²) in [6.45, 7) is 2.12. The molecule has 0 aliphatic carbocycles. The lowest BCUT2D eigenvalue weighted by Crippen LogP contribution is -2.44. The fourth-order valence-electron chi connectivity index (χ4n) is 2.14. The van der Waals surface area contributed by atoms with E-state index < -0.39 is 11.5 Å². The van der Waals surface area contributed by atoms with Crippen LogP contribution in [0.3, 0.4) is 0 Å². The number of carboxylic acids is 1. The Morgan fingerprint density at radius 2 is 2.10 bits per heavy atom. The zero-order chi connectivity index (χ0) is 15.5. The quantitative estimate of drug-likeness (QED) is 0.859. The number of aliphatic carboxylic acids is 1. The second kappa shape index (κ2) is 6.28. The molecule has 1 aromatic heterocycles. The number of hydrogen-bond donors (Lipinski definition) is 2. The molecule has 0 unspecified atom stereocenters. The van der Waals surface area contributed by atoms with E-state index in [4.69, 9.17) is 17.3 Å². The second-order valence-corrected chi connectivity index (χ2v) is 5.62. The summed E-state index contributed by atoms with van der Waals surface area (Å²) in [5, 5.41) is 9.89. The molecule has 1 aromatic carbocycles. The molecule has 0 aliphatic heterocycles. The smallest absolute Gasteiger partial charge is 0.331 e. The maximum Gasteiger partial charge on any atom is 0.331 e. The first-order chi connectivity index (χ1) is 9.91. The summed E-state index contributed by atoms with van der Waals surface area (Å²) in [4.78, 5) is 15.3. The van der Waals surface area contributed by atoms with E-state index in [-0.39, 0.29) is 0 Å². The van der Waals surface area contributed by atoms with Gasteiger partial charge in [0, 0.05) is 24.0 Å². The van der Waals surface area contributed by atoms with E-state index in [2.05, 4.69) is 4.98 Å². The van der Waals surface area contributed by atoms with Crippen LogP contribution in [0.5, 0.6) is 0 Å². The summed E-state index contributed by atoms with van der Waals surface area (Å²) >= 11 is 5.85. The number of imidazole rings is 1. The van der Waals surface area contributed by atoms with E-state index in [1.807, 2.05) is 24.3 Å². The number of aromatic nitrogens is 2. The highest BCUT2D eigenvalue weighted by Gasteiger charge is 2.34. The van der Waals surface area contributed by atoms with Gasteiger partial charge in [-0.15, -0.1) is 0 Å². The molecule has 2 aromatic rings. The number of aryl methyl sites for hydroxylation is 2. The molecule has 6 heteroatoms. The van der Waals surface area contributed by atoms with Crippen molar-refractivity contribution in [1.29, 1.82) is 0 Å². The molecular formula is C15H18ClN3O2. The fraction of sp³-hybridized carbons (Fsp3) is 0.333. The van der Waals surface area contributed by atoms with Gasteiger partial charge in [0.15, 0.2) is 5.54 Å². The maximum atomic E-state index is 11.2. The molecule has 5 nitrogen and oxygen atoms in total. The third-order valence-electron chi connectivity index (χ3n) is 3.40. The molecule has 0 amide bonds. The maximum absolute atomic E-state index is 11.2. The molecule has 0 fully saturated rings. The lowest BCUT2D eigenvalue weighted by Gasteiger charge is -2.20. The molecule has 0 saturated carbocycles. The number of rotatable bonds is 6. The van der Waals surface area contributed by atoms with E-state index in [1.165, 1.54) is 12.5 Å². The molecule has 2 rings (SSSR count). The van der Waals surface area contributed by atoms with Gasteiger partial charge in [-0.3, -0.25) is 0 Å². The van der Waals surface area contributed by atoms with E-state index in [1.54, 1.807) is 17.0 Å². The molecule has 1 atom stereocenters. The van der Waals surface area contributed by atoms with Crippen molar-refractivity contribution in [1.82, 2.24) is 9.55 Å². The van der Waals surface area contributed by atoms with E-state index >= 15 is 0 Å². The molecule has 0 aliphatic rings. The number of carbonyl (C=O) groups is 1. The topological polar surface area (TPSA) is 81.1 Å². The Bertz CT molecular complexity index is 620. The first kappa shape index (κ1) is 15.5. The van der Waals surface area contributed by atoms with Gasteiger partial charge in [0.1, 0.15) is 5.82 Å². The summed E-state index contributed by atoms with van der Waals surface area (Å²) < 4.78 is 1.80. The number of halogens is 1. The number of nitrogens with zero attached hydrogens (tertiary/aromatic N) is 2. The highest BCUT2D eigenvalue weighted by molar-refractivity contribution is 6.30. The Morgan fingerprint density at radius 3 is 2.71 bits per heavy atom. The minimum Gasteiger partial charge on any atom is -0.480 e. The van der Waals surface area contributed by atoms with Crippen molar-refractivity contribution in [3.8, 4) is 0 Å². The third kappa shape index (κ3) is 3.62. The van der Waals surface area contributed by atoms with Crippen LogP contribution in [0.2, 0.25) is 5.02 Å². The summed E-state index contributed by atoms with van der Waals surface area (Å²) in [6.07, 6.45) is 5.07. The zero-order valence-electron chi connectivity index (χ0n) is 11.8. The number of benzene rings is 1. The van der Waals surface area contributed by atoms with E-state index in [0.717, 1.165) is 17.9 Å².